The lowest BCUT2D eigenvalue weighted by atomic mass is 9.94. The van der Waals surface area contributed by atoms with Gasteiger partial charge in [-0.05, 0) is 70.7 Å². The molecule has 2 aliphatic rings. The van der Waals surface area contributed by atoms with Gasteiger partial charge in [-0.15, -0.1) is 0 Å². The van der Waals surface area contributed by atoms with Gasteiger partial charge in [0.05, 0.1) is 23.3 Å². The number of fused-ring (bicyclic) bond motifs is 1. The molecule has 8 nitrogen and oxygen atoms in total. The van der Waals surface area contributed by atoms with Crippen molar-refractivity contribution < 1.29 is 22.7 Å². The Morgan fingerprint density at radius 2 is 1.97 bits per heavy atom. The number of furan rings is 1. The van der Waals surface area contributed by atoms with Gasteiger partial charge >= 0.3 is 6.03 Å². The average Bonchev–Trinajstić information content (AvgIpc) is 3.18. The molecule has 4 N–H and O–H groups in total. The quantitative estimate of drug-likeness (QED) is 0.397. The van der Waals surface area contributed by atoms with E-state index in [-0.39, 0.29) is 21.7 Å². The Morgan fingerprint density at radius 1 is 1.27 bits per heavy atom. The van der Waals surface area contributed by atoms with Crippen molar-refractivity contribution in [2.75, 3.05) is 13.1 Å². The molecule has 0 spiro atoms. The summed E-state index contributed by atoms with van der Waals surface area (Å²) in [5, 5.41) is 18.5. The van der Waals surface area contributed by atoms with Crippen LogP contribution in [0.15, 0.2) is 38.1 Å². The smallest absolute Gasteiger partial charge is 0.319 e. The molecular formula is C20H28ClN3O5S. The van der Waals surface area contributed by atoms with Crippen LogP contribution in [0.25, 0.3) is 0 Å². The zero-order valence-corrected chi connectivity index (χ0v) is 18.7. The maximum atomic E-state index is 13.1. The number of nitrogens with one attached hydrogen (secondary N) is 3. The Balaban J connectivity index is 1.76. The second kappa shape index (κ2) is 9.45. The summed E-state index contributed by atoms with van der Waals surface area (Å²) in [5.41, 5.74) is 1.08. The second-order valence-electron chi connectivity index (χ2n) is 7.68. The fourth-order valence-corrected chi connectivity index (χ4v) is 6.40. The number of rotatable bonds is 5. The van der Waals surface area contributed by atoms with Crippen LogP contribution in [-0.2, 0) is 16.3 Å². The lowest BCUT2D eigenvalue weighted by molar-refractivity contribution is 0.234. The first-order valence-electron chi connectivity index (χ1n) is 10.1. The minimum Gasteiger partial charge on any atom is -0.505 e. The van der Waals surface area contributed by atoms with Gasteiger partial charge in [0.15, 0.2) is 15.6 Å². The molecule has 1 aromatic heterocycles. The third kappa shape index (κ3) is 4.84. The molecule has 2 heterocycles. The van der Waals surface area contributed by atoms with Crippen LogP contribution in [-0.4, -0.2) is 37.9 Å². The van der Waals surface area contributed by atoms with Gasteiger partial charge in [0.1, 0.15) is 10.7 Å². The number of allylic oxidation sites excluding steroid dienone is 2. The van der Waals surface area contributed by atoms with Crippen LogP contribution in [0.1, 0.15) is 56.9 Å². The Morgan fingerprint density at radius 3 is 2.63 bits per heavy atom. The molecule has 2 amide bonds. The van der Waals surface area contributed by atoms with Crippen LogP contribution in [0, 0.1) is 0 Å². The third-order valence-electron chi connectivity index (χ3n) is 5.54. The van der Waals surface area contributed by atoms with Gasteiger partial charge in [-0.25, -0.2) is 13.2 Å². The Kier molecular flexibility index (Phi) is 7.15. The van der Waals surface area contributed by atoms with Crippen molar-refractivity contribution >= 4 is 27.5 Å². The summed E-state index contributed by atoms with van der Waals surface area (Å²) in [7, 11) is -3.85. The highest BCUT2D eigenvalue weighted by Gasteiger charge is 2.35. The fraction of sp³-hybridized carbons (Fsp3) is 0.550. The van der Waals surface area contributed by atoms with Crippen molar-refractivity contribution in [3.63, 3.8) is 0 Å². The zero-order chi connectivity index (χ0) is 21.9. The number of aliphatic hydroxyl groups is 1. The monoisotopic (exact) mass is 457 g/mol. The van der Waals surface area contributed by atoms with Crippen molar-refractivity contribution in [1.82, 2.24) is 16.0 Å². The molecule has 0 bridgehead atoms. The molecule has 1 atom stereocenters. The topological polar surface area (TPSA) is 121 Å². The maximum Gasteiger partial charge on any atom is 0.319 e. The number of halogens is 1. The molecule has 30 heavy (non-hydrogen) atoms. The fourth-order valence-electron chi connectivity index (χ4n) is 3.99. The number of carbonyl (C=O) groups is 1. The van der Waals surface area contributed by atoms with Crippen molar-refractivity contribution in [2.24, 2.45) is 0 Å². The molecule has 10 heteroatoms. The molecule has 1 saturated heterocycles. The summed E-state index contributed by atoms with van der Waals surface area (Å²) in [6, 6.07) is 1.06. The van der Waals surface area contributed by atoms with E-state index < -0.39 is 26.9 Å². The van der Waals surface area contributed by atoms with E-state index in [1.807, 2.05) is 6.07 Å². The van der Waals surface area contributed by atoms with E-state index in [4.69, 9.17) is 16.0 Å². The summed E-state index contributed by atoms with van der Waals surface area (Å²) >= 11 is 6.07. The molecule has 1 aliphatic heterocycles. The number of amides is 2. The molecule has 1 unspecified atom stereocenters. The van der Waals surface area contributed by atoms with Crippen LogP contribution in [0.5, 0.6) is 0 Å². The van der Waals surface area contributed by atoms with Crippen LogP contribution in [0.2, 0.25) is 0 Å². The molecule has 0 saturated carbocycles. The van der Waals surface area contributed by atoms with Gasteiger partial charge in [-0.3, -0.25) is 0 Å². The zero-order valence-electron chi connectivity index (χ0n) is 17.1. The Bertz CT molecular complexity index is 957. The predicted molar refractivity (Wildman–Crippen MR) is 115 cm³/mol. The average molecular weight is 458 g/mol. The number of piperidine rings is 1. The van der Waals surface area contributed by atoms with Crippen molar-refractivity contribution in [2.45, 2.75) is 57.2 Å². The normalized spacial score (nSPS) is 21.9. The van der Waals surface area contributed by atoms with E-state index in [0.717, 1.165) is 30.6 Å². The minimum atomic E-state index is -3.85. The van der Waals surface area contributed by atoms with Crippen molar-refractivity contribution in [1.29, 1.82) is 0 Å². The van der Waals surface area contributed by atoms with Crippen LogP contribution < -0.4 is 16.0 Å². The number of carbonyl (C=O) groups excluding carboxylic acids is 1. The second-order valence-corrected chi connectivity index (χ2v) is 10.4. The highest BCUT2D eigenvalue weighted by Crippen LogP contribution is 2.31. The number of urea groups is 1. The number of hydrogen-bond donors (Lipinski definition) is 4. The summed E-state index contributed by atoms with van der Waals surface area (Å²) in [6.07, 6.45) is 5.03. The number of aryl methyl sites for hydroxylation is 1. The molecule has 0 radical (unpaired) electrons. The van der Waals surface area contributed by atoms with Crippen LogP contribution >= 0.6 is 11.6 Å². The minimum absolute atomic E-state index is 0.00971. The van der Waals surface area contributed by atoms with E-state index in [2.05, 4.69) is 16.0 Å². The number of aliphatic hydroxyl groups excluding tert-OH is 1. The van der Waals surface area contributed by atoms with Crippen molar-refractivity contribution in [3.05, 3.63) is 45.0 Å². The lowest BCUT2D eigenvalue weighted by Gasteiger charge is -2.25. The van der Waals surface area contributed by atoms with E-state index in [1.54, 1.807) is 6.26 Å². The molecule has 3 rings (SSSR count). The number of hydrogen-bond acceptors (Lipinski definition) is 6. The summed E-state index contributed by atoms with van der Waals surface area (Å²) in [4.78, 5) is 12.2. The predicted octanol–water partition coefficient (Wildman–Crippen LogP) is 3.38. The lowest BCUT2D eigenvalue weighted by Crippen LogP contribution is -2.39. The largest absolute Gasteiger partial charge is 0.505 e. The summed E-state index contributed by atoms with van der Waals surface area (Å²) in [5.74, 6) is 0.187. The third-order valence-corrected chi connectivity index (χ3v) is 8.25. The molecular weight excluding hydrogens is 430 g/mol. The molecule has 0 aromatic carbocycles. The van der Waals surface area contributed by atoms with Gasteiger partial charge < -0.3 is 25.5 Å². The first-order chi connectivity index (χ1) is 14.2. The van der Waals surface area contributed by atoms with Crippen LogP contribution in [0.4, 0.5) is 4.79 Å². The highest BCUT2D eigenvalue weighted by atomic mass is 35.5. The van der Waals surface area contributed by atoms with E-state index in [1.165, 1.54) is 13.8 Å². The Hall–Kier alpha value is -1.97. The van der Waals surface area contributed by atoms with E-state index in [9.17, 15) is 18.3 Å². The molecule has 1 fully saturated rings. The van der Waals surface area contributed by atoms with Gasteiger partial charge in [0.2, 0.25) is 0 Å². The summed E-state index contributed by atoms with van der Waals surface area (Å²) in [6.45, 7) is 4.02. The van der Waals surface area contributed by atoms with Gasteiger partial charge in [-0.2, -0.15) is 0 Å². The maximum absolute atomic E-state index is 13.1. The number of sulfone groups is 1. The van der Waals surface area contributed by atoms with Crippen molar-refractivity contribution in [3.8, 4) is 0 Å². The summed E-state index contributed by atoms with van der Waals surface area (Å²) < 4.78 is 31.6. The molecule has 1 aliphatic carbocycles. The van der Waals surface area contributed by atoms with Gasteiger partial charge in [-0.1, -0.05) is 11.6 Å². The first-order valence-corrected chi connectivity index (χ1v) is 12.0. The first kappa shape index (κ1) is 22.7. The highest BCUT2D eigenvalue weighted by molar-refractivity contribution is 7.96. The van der Waals surface area contributed by atoms with Crippen LogP contribution in [0.3, 0.4) is 0 Å². The SMILES string of the molecule is C/C(Cl)=C(\C(O)=C(/C)NC(=O)NC1CCCc2ccoc21)S(=O)(=O)C1CCNCC1. The van der Waals surface area contributed by atoms with E-state index in [0.29, 0.717) is 25.9 Å². The van der Waals surface area contributed by atoms with E-state index >= 15 is 0 Å². The molecule has 166 valence electrons. The molecule has 1 aromatic rings. The Labute approximate surface area is 181 Å². The van der Waals surface area contributed by atoms with Gasteiger partial charge in [0, 0.05) is 5.03 Å². The van der Waals surface area contributed by atoms with Gasteiger partial charge in [0.25, 0.3) is 0 Å². The standard InChI is InChI=1S/C20H28ClN3O5S/c1-12(21)19(30(27,28)15-6-9-22-10-7-15)17(25)13(2)23-20(26)24-16-5-3-4-14-8-11-29-18(14)16/h8,11,15-16,22,25H,3-7,9-10H2,1-2H3,(H2,23,24,26)/b17-13-,19-12-.